The number of ether oxygens (including phenoxy) is 2. The van der Waals surface area contributed by atoms with Gasteiger partial charge in [-0.2, -0.15) is 0 Å². The summed E-state index contributed by atoms with van der Waals surface area (Å²) in [7, 11) is 1.45. The fourth-order valence-electron chi connectivity index (χ4n) is 0.994. The van der Waals surface area contributed by atoms with E-state index < -0.39 is 12.4 Å². The molecular weight excluding hydrogens is 184 g/mol. The summed E-state index contributed by atoms with van der Waals surface area (Å²) in [6, 6.07) is 9.09. The maximum Gasteiger partial charge on any atom is 0.423 e. The summed E-state index contributed by atoms with van der Waals surface area (Å²) in [5, 5.41) is 0. The molecule has 0 bridgehead atoms. The Labute approximate surface area is 81.8 Å². The molecule has 1 atom stereocenters. The van der Waals surface area contributed by atoms with E-state index in [0.29, 0.717) is 0 Å². The van der Waals surface area contributed by atoms with Gasteiger partial charge < -0.3 is 9.47 Å². The molecule has 1 aromatic carbocycles. The average molecular weight is 196 g/mol. The lowest BCUT2D eigenvalue weighted by Gasteiger charge is -2.15. The Hall–Kier alpha value is -1.59. The van der Waals surface area contributed by atoms with Crippen molar-refractivity contribution in [3.8, 4) is 0 Å². The predicted octanol–water partition coefficient (Wildman–Crippen LogP) is 0.931. The number of carbonyl (C=O) groups is 1. The zero-order valence-corrected chi connectivity index (χ0v) is 7.77. The van der Waals surface area contributed by atoms with Crippen LogP contribution in [0.25, 0.3) is 0 Å². The van der Waals surface area contributed by atoms with E-state index in [4.69, 9.17) is 15.3 Å². The number of nitrogens with two attached hydrogens (primary N) is 1. The van der Waals surface area contributed by atoms with Gasteiger partial charge in [0.05, 0.1) is 0 Å². The van der Waals surface area contributed by atoms with Crippen molar-refractivity contribution in [2.45, 2.75) is 6.29 Å². The van der Waals surface area contributed by atoms with Crippen LogP contribution < -0.4 is 11.3 Å². The summed E-state index contributed by atoms with van der Waals surface area (Å²) >= 11 is 0. The van der Waals surface area contributed by atoms with Gasteiger partial charge in [0.2, 0.25) is 6.29 Å². The Morgan fingerprint density at radius 1 is 1.43 bits per heavy atom. The summed E-state index contributed by atoms with van der Waals surface area (Å²) in [6.07, 6.45) is -1.47. The van der Waals surface area contributed by atoms with E-state index in [0.717, 1.165) is 5.56 Å². The van der Waals surface area contributed by atoms with Gasteiger partial charge in [0.15, 0.2) is 0 Å². The molecule has 0 aliphatic carbocycles. The third-order valence-corrected chi connectivity index (χ3v) is 1.62. The molecule has 5 nitrogen and oxygen atoms in total. The molecule has 0 aromatic heterocycles. The fraction of sp³-hybridized carbons (Fsp3) is 0.222. The quantitative estimate of drug-likeness (QED) is 0.326. The molecular formula is C9H12N2O3. The summed E-state index contributed by atoms with van der Waals surface area (Å²) in [6.45, 7) is 0. The molecule has 0 spiro atoms. The number of methoxy groups -OCH3 is 1. The van der Waals surface area contributed by atoms with Crippen LogP contribution in [0.3, 0.4) is 0 Å². The van der Waals surface area contributed by atoms with Gasteiger partial charge in [0.25, 0.3) is 0 Å². The third kappa shape index (κ3) is 2.72. The van der Waals surface area contributed by atoms with Gasteiger partial charge in [-0.1, -0.05) is 30.3 Å². The molecule has 76 valence electrons. The molecule has 0 aliphatic heterocycles. The second-order valence-electron chi connectivity index (χ2n) is 2.53. The Kier molecular flexibility index (Phi) is 3.90. The largest absolute Gasteiger partial charge is 0.423 e. The van der Waals surface area contributed by atoms with Crippen molar-refractivity contribution in [3.05, 3.63) is 35.9 Å². The number of amides is 1. The topological polar surface area (TPSA) is 73.6 Å². The Balaban J connectivity index is 2.68. The molecule has 0 saturated carbocycles. The lowest BCUT2D eigenvalue weighted by molar-refractivity contribution is -0.0844. The van der Waals surface area contributed by atoms with Gasteiger partial charge in [-0.05, 0) is 0 Å². The molecule has 1 aromatic rings. The Morgan fingerprint density at radius 3 is 2.57 bits per heavy atom. The summed E-state index contributed by atoms with van der Waals surface area (Å²) in [5.41, 5.74) is 2.61. The molecule has 1 unspecified atom stereocenters. The minimum Gasteiger partial charge on any atom is -0.414 e. The number of hydrogen-bond donors (Lipinski definition) is 2. The minimum atomic E-state index is -0.736. The first-order chi connectivity index (χ1) is 6.77. The highest BCUT2D eigenvalue weighted by molar-refractivity contribution is 5.66. The average Bonchev–Trinajstić information content (AvgIpc) is 2.26. The van der Waals surface area contributed by atoms with Crippen LogP contribution in [-0.2, 0) is 9.47 Å². The van der Waals surface area contributed by atoms with E-state index in [1.165, 1.54) is 7.11 Å². The maximum atomic E-state index is 10.8. The second kappa shape index (κ2) is 5.21. The molecule has 5 heteroatoms. The SMILES string of the molecule is COC(OC(=O)NN)c1ccccc1. The third-order valence-electron chi connectivity index (χ3n) is 1.62. The van der Waals surface area contributed by atoms with Crippen LogP contribution in [0, 0.1) is 0 Å². The zero-order chi connectivity index (χ0) is 10.4. The van der Waals surface area contributed by atoms with Crippen LogP contribution in [0.2, 0.25) is 0 Å². The number of hydrazine groups is 1. The monoisotopic (exact) mass is 196 g/mol. The van der Waals surface area contributed by atoms with E-state index in [-0.39, 0.29) is 0 Å². The van der Waals surface area contributed by atoms with Crippen LogP contribution in [-0.4, -0.2) is 13.2 Å². The van der Waals surface area contributed by atoms with Crippen molar-refractivity contribution in [1.29, 1.82) is 0 Å². The molecule has 0 aliphatic rings. The lowest BCUT2D eigenvalue weighted by Crippen LogP contribution is -2.32. The van der Waals surface area contributed by atoms with Crippen LogP contribution in [0.1, 0.15) is 11.9 Å². The van der Waals surface area contributed by atoms with Crippen molar-refractivity contribution < 1.29 is 14.3 Å². The number of benzene rings is 1. The van der Waals surface area contributed by atoms with Crippen molar-refractivity contribution in [2.24, 2.45) is 5.84 Å². The van der Waals surface area contributed by atoms with Crippen molar-refractivity contribution in [3.63, 3.8) is 0 Å². The molecule has 0 radical (unpaired) electrons. The first-order valence-electron chi connectivity index (χ1n) is 4.03. The zero-order valence-electron chi connectivity index (χ0n) is 7.77. The highest BCUT2D eigenvalue weighted by Crippen LogP contribution is 2.17. The number of carbonyl (C=O) groups excluding carboxylic acids is 1. The number of nitrogens with one attached hydrogen (secondary N) is 1. The van der Waals surface area contributed by atoms with Gasteiger partial charge in [-0.15, -0.1) is 0 Å². The smallest absolute Gasteiger partial charge is 0.414 e. The maximum absolute atomic E-state index is 10.8. The second-order valence-corrected chi connectivity index (χ2v) is 2.53. The van der Waals surface area contributed by atoms with Crippen molar-refractivity contribution >= 4 is 6.09 Å². The number of rotatable bonds is 3. The standard InChI is InChI=1S/C9H12N2O3/c1-13-8(14-9(12)11-10)7-5-3-2-4-6-7/h2-6,8H,10H2,1H3,(H,11,12). The Bertz CT molecular complexity index is 289. The van der Waals surface area contributed by atoms with Crippen LogP contribution in [0.5, 0.6) is 0 Å². The summed E-state index contributed by atoms with van der Waals surface area (Å²) in [4.78, 5) is 10.8. The van der Waals surface area contributed by atoms with Crippen molar-refractivity contribution in [2.75, 3.05) is 7.11 Å². The van der Waals surface area contributed by atoms with E-state index >= 15 is 0 Å². The first-order valence-corrected chi connectivity index (χ1v) is 4.03. The van der Waals surface area contributed by atoms with E-state index in [2.05, 4.69) is 0 Å². The molecule has 0 fully saturated rings. The predicted molar refractivity (Wildman–Crippen MR) is 50.0 cm³/mol. The van der Waals surface area contributed by atoms with Gasteiger partial charge in [0, 0.05) is 12.7 Å². The van der Waals surface area contributed by atoms with Gasteiger partial charge >= 0.3 is 6.09 Å². The van der Waals surface area contributed by atoms with Gasteiger partial charge in [-0.3, -0.25) is 5.43 Å². The van der Waals surface area contributed by atoms with Crippen LogP contribution in [0.15, 0.2) is 30.3 Å². The first kappa shape index (κ1) is 10.5. The molecule has 0 heterocycles. The minimum absolute atomic E-state index is 0.735. The van der Waals surface area contributed by atoms with E-state index in [1.807, 2.05) is 23.6 Å². The van der Waals surface area contributed by atoms with Gasteiger partial charge in [0.1, 0.15) is 0 Å². The fourth-order valence-corrected chi connectivity index (χ4v) is 0.994. The summed E-state index contributed by atoms with van der Waals surface area (Å²) < 4.78 is 9.81. The normalized spacial score (nSPS) is 11.9. The lowest BCUT2D eigenvalue weighted by atomic mass is 10.2. The van der Waals surface area contributed by atoms with Crippen LogP contribution >= 0.6 is 0 Å². The molecule has 1 amide bonds. The summed E-state index contributed by atoms with van der Waals surface area (Å²) in [5.74, 6) is 4.87. The van der Waals surface area contributed by atoms with Crippen LogP contribution in [0.4, 0.5) is 4.79 Å². The highest BCUT2D eigenvalue weighted by atomic mass is 16.7. The molecule has 14 heavy (non-hydrogen) atoms. The number of hydrogen-bond acceptors (Lipinski definition) is 4. The van der Waals surface area contributed by atoms with E-state index in [9.17, 15) is 4.79 Å². The molecule has 0 saturated heterocycles. The molecule has 1 rings (SSSR count). The van der Waals surface area contributed by atoms with Gasteiger partial charge in [-0.25, -0.2) is 10.6 Å². The Morgan fingerprint density at radius 2 is 2.07 bits per heavy atom. The van der Waals surface area contributed by atoms with E-state index in [1.54, 1.807) is 12.1 Å². The highest BCUT2D eigenvalue weighted by Gasteiger charge is 2.14. The molecule has 3 N–H and O–H groups in total. The van der Waals surface area contributed by atoms with Crippen molar-refractivity contribution in [1.82, 2.24) is 5.43 Å².